The predicted octanol–water partition coefficient (Wildman–Crippen LogP) is 2.99. The summed E-state index contributed by atoms with van der Waals surface area (Å²) in [5.74, 6) is 0.970. The van der Waals surface area contributed by atoms with Crippen LogP contribution in [0.4, 0.5) is 5.69 Å². The van der Waals surface area contributed by atoms with Crippen molar-refractivity contribution in [1.82, 2.24) is 5.32 Å². The Labute approximate surface area is 132 Å². The fraction of sp³-hybridized carbons (Fsp3) is 0.500. The molecule has 22 heavy (non-hydrogen) atoms. The number of carbonyl (C=O) groups excluding carboxylic acids is 1. The fourth-order valence-corrected chi connectivity index (χ4v) is 3.30. The molecule has 4 heteroatoms. The number of hydrogen-bond donors (Lipinski definition) is 1. The maximum atomic E-state index is 12.2. The first-order chi connectivity index (χ1) is 10.7. The van der Waals surface area contributed by atoms with E-state index in [2.05, 4.69) is 41.5 Å². The number of nitrogens with one attached hydrogen (secondary N) is 1. The highest BCUT2D eigenvalue weighted by Crippen LogP contribution is 2.34. The minimum Gasteiger partial charge on any atom is -0.464 e. The molecule has 4 nitrogen and oxygen atoms in total. The Morgan fingerprint density at radius 1 is 1.41 bits per heavy atom. The average molecular weight is 300 g/mol. The zero-order chi connectivity index (χ0) is 15.5. The van der Waals surface area contributed by atoms with Crippen LogP contribution >= 0.6 is 0 Å². The molecule has 0 aliphatic carbocycles. The number of carbonyl (C=O) groups is 1. The third kappa shape index (κ3) is 2.82. The molecule has 1 N–H and O–H groups in total. The van der Waals surface area contributed by atoms with Gasteiger partial charge in [0, 0.05) is 12.7 Å². The summed E-state index contributed by atoms with van der Waals surface area (Å²) in [4.78, 5) is 14.4. The summed E-state index contributed by atoms with van der Waals surface area (Å²) in [6.07, 6.45) is 4.73. The van der Waals surface area contributed by atoms with Crippen LogP contribution in [0.1, 0.15) is 38.2 Å². The summed E-state index contributed by atoms with van der Waals surface area (Å²) in [6, 6.07) is 8.24. The molecule has 0 amide bonds. The number of rotatable bonds is 3. The minimum absolute atomic E-state index is 0.122. The minimum atomic E-state index is -0.230. The molecular weight excluding hydrogens is 276 g/mol. The van der Waals surface area contributed by atoms with Gasteiger partial charge in [-0.3, -0.25) is 0 Å². The highest BCUT2D eigenvalue weighted by Gasteiger charge is 2.30. The summed E-state index contributed by atoms with van der Waals surface area (Å²) in [5.41, 5.74) is 3.97. The maximum Gasteiger partial charge on any atom is 0.328 e. The van der Waals surface area contributed by atoms with E-state index in [0.29, 0.717) is 6.61 Å². The Morgan fingerprint density at radius 3 is 3.05 bits per heavy atom. The van der Waals surface area contributed by atoms with Crippen LogP contribution in [0.15, 0.2) is 35.7 Å². The number of nitrogens with zero attached hydrogens (tertiary/aromatic N) is 1. The lowest BCUT2D eigenvalue weighted by Gasteiger charge is -2.33. The van der Waals surface area contributed by atoms with Crippen LogP contribution in [0.2, 0.25) is 0 Å². The first-order valence-electron chi connectivity index (χ1n) is 8.17. The zero-order valence-electron chi connectivity index (χ0n) is 13.4. The van der Waals surface area contributed by atoms with Crippen LogP contribution in [-0.4, -0.2) is 25.7 Å². The topological polar surface area (TPSA) is 41.6 Å². The van der Waals surface area contributed by atoms with E-state index in [-0.39, 0.29) is 12.0 Å². The lowest BCUT2D eigenvalue weighted by molar-refractivity contribution is -0.146. The molecule has 3 rings (SSSR count). The van der Waals surface area contributed by atoms with Gasteiger partial charge in [-0.2, -0.15) is 0 Å². The quantitative estimate of drug-likeness (QED) is 0.871. The van der Waals surface area contributed by atoms with E-state index in [1.807, 2.05) is 6.92 Å². The lowest BCUT2D eigenvalue weighted by Crippen LogP contribution is -2.42. The monoisotopic (exact) mass is 300 g/mol. The Hall–Kier alpha value is -1.97. The Balaban J connectivity index is 1.81. The third-order valence-corrected chi connectivity index (χ3v) is 4.44. The molecule has 2 aliphatic heterocycles. The Morgan fingerprint density at radius 2 is 2.23 bits per heavy atom. The van der Waals surface area contributed by atoms with Gasteiger partial charge in [-0.25, -0.2) is 4.79 Å². The van der Waals surface area contributed by atoms with E-state index in [4.69, 9.17) is 4.74 Å². The van der Waals surface area contributed by atoms with Crippen molar-refractivity contribution >= 4 is 11.7 Å². The van der Waals surface area contributed by atoms with Crippen molar-refractivity contribution in [3.05, 3.63) is 41.2 Å². The van der Waals surface area contributed by atoms with Crippen LogP contribution < -0.4 is 10.2 Å². The van der Waals surface area contributed by atoms with Gasteiger partial charge < -0.3 is 15.0 Å². The van der Waals surface area contributed by atoms with Crippen LogP contribution in [0.25, 0.3) is 0 Å². The molecule has 1 aromatic carbocycles. The molecule has 1 unspecified atom stereocenters. The molecule has 0 saturated carbocycles. The second kappa shape index (κ2) is 6.42. The SMILES string of the molecule is CCCOC(=O)C1CCCC2=C(N1)N(C)c1ccccc1C2. The van der Waals surface area contributed by atoms with Crippen molar-refractivity contribution in [1.29, 1.82) is 0 Å². The summed E-state index contributed by atoms with van der Waals surface area (Å²) in [5, 5.41) is 3.45. The van der Waals surface area contributed by atoms with Crippen molar-refractivity contribution in [3.63, 3.8) is 0 Å². The number of benzene rings is 1. The van der Waals surface area contributed by atoms with Gasteiger partial charge in [-0.15, -0.1) is 0 Å². The van der Waals surface area contributed by atoms with E-state index in [1.165, 1.54) is 16.8 Å². The van der Waals surface area contributed by atoms with Gasteiger partial charge in [-0.1, -0.05) is 25.1 Å². The largest absolute Gasteiger partial charge is 0.464 e. The van der Waals surface area contributed by atoms with Gasteiger partial charge in [0.15, 0.2) is 0 Å². The van der Waals surface area contributed by atoms with Crippen LogP contribution in [0, 0.1) is 0 Å². The molecule has 2 aliphatic rings. The second-order valence-electron chi connectivity index (χ2n) is 6.07. The molecule has 0 aromatic heterocycles. The van der Waals surface area contributed by atoms with Gasteiger partial charge in [0.25, 0.3) is 0 Å². The molecule has 1 aromatic rings. The highest BCUT2D eigenvalue weighted by atomic mass is 16.5. The molecular formula is C18H24N2O2. The lowest BCUT2D eigenvalue weighted by atomic mass is 9.95. The van der Waals surface area contributed by atoms with E-state index in [9.17, 15) is 4.79 Å². The number of ether oxygens (including phenoxy) is 1. The summed E-state index contributed by atoms with van der Waals surface area (Å²) >= 11 is 0. The predicted molar refractivity (Wildman–Crippen MR) is 87.6 cm³/mol. The number of para-hydroxylation sites is 1. The normalized spacial score (nSPS) is 20.6. The van der Waals surface area contributed by atoms with Crippen molar-refractivity contribution in [3.8, 4) is 0 Å². The molecule has 0 spiro atoms. The molecule has 0 saturated heterocycles. The zero-order valence-corrected chi connectivity index (χ0v) is 13.4. The summed E-state index contributed by atoms with van der Waals surface area (Å²) < 4.78 is 5.33. The smallest absolute Gasteiger partial charge is 0.328 e. The fourth-order valence-electron chi connectivity index (χ4n) is 3.30. The summed E-state index contributed by atoms with van der Waals surface area (Å²) in [7, 11) is 2.07. The van der Waals surface area contributed by atoms with Crippen LogP contribution in [-0.2, 0) is 16.0 Å². The number of fused-ring (bicyclic) bond motifs is 1. The molecule has 0 radical (unpaired) electrons. The maximum absolute atomic E-state index is 12.2. The number of allylic oxidation sites excluding steroid dienone is 1. The van der Waals surface area contributed by atoms with E-state index < -0.39 is 0 Å². The van der Waals surface area contributed by atoms with E-state index in [1.54, 1.807) is 0 Å². The Bertz CT molecular complexity index is 595. The molecule has 0 fully saturated rings. The first-order valence-corrected chi connectivity index (χ1v) is 8.17. The number of esters is 1. The second-order valence-corrected chi connectivity index (χ2v) is 6.07. The van der Waals surface area contributed by atoms with E-state index >= 15 is 0 Å². The number of anilines is 1. The molecule has 118 valence electrons. The molecule has 1 atom stereocenters. The van der Waals surface area contributed by atoms with Crippen molar-refractivity contribution in [2.75, 3.05) is 18.6 Å². The van der Waals surface area contributed by atoms with Gasteiger partial charge in [0.1, 0.15) is 11.9 Å². The summed E-state index contributed by atoms with van der Waals surface area (Å²) in [6.45, 7) is 2.52. The van der Waals surface area contributed by atoms with Crippen molar-refractivity contribution in [2.45, 2.75) is 45.1 Å². The van der Waals surface area contributed by atoms with Gasteiger partial charge in [-0.05, 0) is 49.3 Å². The average Bonchev–Trinajstić information content (AvgIpc) is 2.75. The first kappa shape index (κ1) is 14.9. The van der Waals surface area contributed by atoms with Gasteiger partial charge in [0.2, 0.25) is 0 Å². The third-order valence-electron chi connectivity index (χ3n) is 4.44. The van der Waals surface area contributed by atoms with E-state index in [0.717, 1.165) is 37.9 Å². The van der Waals surface area contributed by atoms with Crippen molar-refractivity contribution < 1.29 is 9.53 Å². The van der Waals surface area contributed by atoms with Gasteiger partial charge >= 0.3 is 5.97 Å². The standard InChI is InChI=1S/C18H24N2O2/c1-3-11-22-18(21)15-9-6-8-14-12-13-7-4-5-10-16(13)20(2)17(14)19-15/h4-5,7,10,15,19H,3,6,8-9,11-12H2,1-2H3. The van der Waals surface area contributed by atoms with Crippen LogP contribution in [0.5, 0.6) is 0 Å². The van der Waals surface area contributed by atoms with Crippen molar-refractivity contribution in [2.24, 2.45) is 0 Å². The number of hydrogen-bond acceptors (Lipinski definition) is 4. The molecule has 0 bridgehead atoms. The molecule has 2 heterocycles. The Kier molecular flexibility index (Phi) is 4.36. The highest BCUT2D eigenvalue weighted by molar-refractivity contribution is 5.76. The van der Waals surface area contributed by atoms with Gasteiger partial charge in [0.05, 0.1) is 6.61 Å². The van der Waals surface area contributed by atoms with Crippen LogP contribution in [0.3, 0.4) is 0 Å².